The van der Waals surface area contributed by atoms with E-state index in [4.69, 9.17) is 14.6 Å². The van der Waals surface area contributed by atoms with Crippen LogP contribution >= 0.6 is 31.9 Å². The van der Waals surface area contributed by atoms with Gasteiger partial charge in [0, 0.05) is 0 Å². The molecule has 0 radical (unpaired) electrons. The number of hydrogen-bond donors (Lipinski definition) is 1. The number of carbonyl (C=O) groups is 1. The van der Waals surface area contributed by atoms with Crippen molar-refractivity contribution < 1.29 is 19.4 Å². The number of halogens is 2. The molecule has 0 fully saturated rings. The van der Waals surface area contributed by atoms with Crippen molar-refractivity contribution in [3.05, 3.63) is 56.5 Å². The fourth-order valence-corrected chi connectivity index (χ4v) is 2.60. The molecule has 21 heavy (non-hydrogen) atoms. The number of aromatic carboxylic acids is 1. The summed E-state index contributed by atoms with van der Waals surface area (Å²) in [5, 5.41) is 8.85. The van der Waals surface area contributed by atoms with Crippen molar-refractivity contribution in [3.63, 3.8) is 0 Å². The molecule has 0 atom stereocenters. The summed E-state index contributed by atoms with van der Waals surface area (Å²) in [6.07, 6.45) is 0. The highest BCUT2D eigenvalue weighted by Crippen LogP contribution is 2.36. The van der Waals surface area contributed by atoms with Crippen LogP contribution in [0.15, 0.2) is 45.3 Å². The van der Waals surface area contributed by atoms with Gasteiger partial charge in [-0.2, -0.15) is 0 Å². The third-order valence-corrected chi connectivity index (χ3v) is 4.04. The molecule has 110 valence electrons. The maximum atomic E-state index is 10.8. The second-order valence-electron chi connectivity index (χ2n) is 4.21. The lowest BCUT2D eigenvalue weighted by Crippen LogP contribution is -1.99. The zero-order chi connectivity index (χ0) is 15.4. The molecule has 0 saturated carbocycles. The molecule has 4 nitrogen and oxygen atoms in total. The molecule has 2 rings (SSSR count). The minimum Gasteiger partial charge on any atom is -0.496 e. The van der Waals surface area contributed by atoms with Crippen molar-refractivity contribution in [2.45, 2.75) is 6.61 Å². The van der Waals surface area contributed by atoms with Gasteiger partial charge in [-0.05, 0) is 61.7 Å². The standard InChI is InChI=1S/C15H12Br2O4/c1-20-13-6-12(17)14(7-11(13)16)21-8-9-2-4-10(5-3-9)15(18)19/h2-7H,8H2,1H3,(H,18,19). The Bertz CT molecular complexity index is 653. The highest BCUT2D eigenvalue weighted by atomic mass is 79.9. The zero-order valence-electron chi connectivity index (χ0n) is 11.1. The Hall–Kier alpha value is -1.53. The summed E-state index contributed by atoms with van der Waals surface area (Å²) in [4.78, 5) is 10.8. The van der Waals surface area contributed by atoms with E-state index in [1.807, 2.05) is 12.1 Å². The first-order valence-electron chi connectivity index (χ1n) is 5.99. The first-order valence-corrected chi connectivity index (χ1v) is 7.58. The lowest BCUT2D eigenvalue weighted by atomic mass is 10.1. The largest absolute Gasteiger partial charge is 0.496 e. The van der Waals surface area contributed by atoms with Gasteiger partial charge in [-0.25, -0.2) is 4.79 Å². The Balaban J connectivity index is 2.09. The van der Waals surface area contributed by atoms with E-state index in [2.05, 4.69) is 31.9 Å². The maximum absolute atomic E-state index is 10.8. The first kappa shape index (κ1) is 15.9. The van der Waals surface area contributed by atoms with Gasteiger partial charge in [-0.15, -0.1) is 0 Å². The molecule has 0 amide bonds. The Kier molecular flexibility index (Phi) is 5.25. The fourth-order valence-electron chi connectivity index (χ4n) is 1.68. The molecule has 0 aliphatic carbocycles. The Morgan fingerprint density at radius 3 is 2.24 bits per heavy atom. The third-order valence-electron chi connectivity index (χ3n) is 2.80. The van der Waals surface area contributed by atoms with E-state index in [0.717, 1.165) is 14.5 Å². The monoisotopic (exact) mass is 414 g/mol. The van der Waals surface area contributed by atoms with E-state index in [1.54, 1.807) is 31.4 Å². The number of benzene rings is 2. The minimum absolute atomic E-state index is 0.257. The predicted molar refractivity (Wildman–Crippen MR) is 86.1 cm³/mol. The van der Waals surface area contributed by atoms with Crippen LogP contribution in [0.25, 0.3) is 0 Å². The van der Waals surface area contributed by atoms with Crippen LogP contribution in [0.2, 0.25) is 0 Å². The Labute approximate surface area is 139 Å². The quantitative estimate of drug-likeness (QED) is 0.781. The first-order chi connectivity index (χ1) is 10.0. The highest BCUT2D eigenvalue weighted by molar-refractivity contribution is 9.11. The van der Waals surface area contributed by atoms with E-state index in [9.17, 15) is 4.79 Å². The summed E-state index contributed by atoms with van der Waals surface area (Å²) in [7, 11) is 1.59. The molecule has 2 aromatic rings. The van der Waals surface area contributed by atoms with Crippen LogP contribution in [0.4, 0.5) is 0 Å². The van der Waals surface area contributed by atoms with Gasteiger partial charge >= 0.3 is 5.97 Å². The lowest BCUT2D eigenvalue weighted by molar-refractivity contribution is 0.0697. The summed E-state index contributed by atoms with van der Waals surface area (Å²) in [5.74, 6) is 0.439. The third kappa shape index (κ3) is 3.98. The Morgan fingerprint density at radius 1 is 1.10 bits per heavy atom. The van der Waals surface area contributed by atoms with E-state index in [1.165, 1.54) is 0 Å². The SMILES string of the molecule is COc1cc(Br)c(OCc2ccc(C(=O)O)cc2)cc1Br. The number of ether oxygens (including phenoxy) is 2. The van der Waals surface area contributed by atoms with Gasteiger partial charge in [0.25, 0.3) is 0 Å². The van der Waals surface area contributed by atoms with Gasteiger partial charge in [-0.3, -0.25) is 0 Å². The van der Waals surface area contributed by atoms with Crippen LogP contribution in [-0.2, 0) is 6.61 Å². The van der Waals surface area contributed by atoms with Gasteiger partial charge in [0.15, 0.2) is 0 Å². The number of carboxylic acids is 1. The van der Waals surface area contributed by atoms with E-state index >= 15 is 0 Å². The van der Waals surface area contributed by atoms with Crippen molar-refractivity contribution in [2.24, 2.45) is 0 Å². The van der Waals surface area contributed by atoms with Gasteiger partial charge < -0.3 is 14.6 Å². The molecular formula is C15H12Br2O4. The van der Waals surface area contributed by atoms with Crippen molar-refractivity contribution in [2.75, 3.05) is 7.11 Å². The second kappa shape index (κ2) is 6.95. The van der Waals surface area contributed by atoms with Gasteiger partial charge in [0.05, 0.1) is 21.6 Å². The van der Waals surface area contributed by atoms with Crippen LogP contribution in [-0.4, -0.2) is 18.2 Å². The fraction of sp³-hybridized carbons (Fsp3) is 0.133. The number of carboxylic acid groups (broad SMARTS) is 1. The smallest absolute Gasteiger partial charge is 0.335 e. The average molecular weight is 416 g/mol. The minimum atomic E-state index is -0.940. The molecule has 1 N–H and O–H groups in total. The molecule has 2 aromatic carbocycles. The lowest BCUT2D eigenvalue weighted by Gasteiger charge is -2.11. The van der Waals surface area contributed by atoms with Crippen LogP contribution in [0, 0.1) is 0 Å². The summed E-state index contributed by atoms with van der Waals surface area (Å²) >= 11 is 6.82. The van der Waals surface area contributed by atoms with Gasteiger partial charge in [0.2, 0.25) is 0 Å². The molecule has 0 bridgehead atoms. The molecular weight excluding hydrogens is 404 g/mol. The van der Waals surface area contributed by atoms with Crippen molar-refractivity contribution in [3.8, 4) is 11.5 Å². The topological polar surface area (TPSA) is 55.8 Å². The van der Waals surface area contributed by atoms with Crippen LogP contribution in [0.3, 0.4) is 0 Å². The molecule has 0 unspecified atom stereocenters. The molecule has 0 aromatic heterocycles. The van der Waals surface area contributed by atoms with Crippen molar-refractivity contribution in [1.29, 1.82) is 0 Å². The summed E-state index contributed by atoms with van der Waals surface area (Å²) in [5.41, 5.74) is 1.14. The van der Waals surface area contributed by atoms with Crippen LogP contribution < -0.4 is 9.47 Å². The Morgan fingerprint density at radius 2 is 1.67 bits per heavy atom. The average Bonchev–Trinajstić information content (AvgIpc) is 2.48. The number of rotatable bonds is 5. The van der Waals surface area contributed by atoms with Crippen molar-refractivity contribution in [1.82, 2.24) is 0 Å². The molecule has 0 heterocycles. The summed E-state index contributed by atoms with van der Waals surface area (Å²) < 4.78 is 12.5. The summed E-state index contributed by atoms with van der Waals surface area (Å²) in [6.45, 7) is 0.345. The van der Waals surface area contributed by atoms with Crippen molar-refractivity contribution >= 4 is 37.8 Å². The van der Waals surface area contributed by atoms with E-state index in [0.29, 0.717) is 18.1 Å². The normalized spacial score (nSPS) is 10.2. The highest BCUT2D eigenvalue weighted by Gasteiger charge is 2.09. The van der Waals surface area contributed by atoms with E-state index in [-0.39, 0.29) is 5.56 Å². The molecule has 0 saturated heterocycles. The van der Waals surface area contributed by atoms with Crippen LogP contribution in [0.5, 0.6) is 11.5 Å². The molecule has 0 aliphatic rings. The van der Waals surface area contributed by atoms with Crippen LogP contribution in [0.1, 0.15) is 15.9 Å². The van der Waals surface area contributed by atoms with Gasteiger partial charge in [0.1, 0.15) is 18.1 Å². The second-order valence-corrected chi connectivity index (χ2v) is 5.92. The number of methoxy groups -OCH3 is 1. The number of hydrogen-bond acceptors (Lipinski definition) is 3. The molecule has 0 spiro atoms. The predicted octanol–water partition coefficient (Wildman–Crippen LogP) is 4.50. The van der Waals surface area contributed by atoms with E-state index < -0.39 is 5.97 Å². The maximum Gasteiger partial charge on any atom is 0.335 e. The van der Waals surface area contributed by atoms with Gasteiger partial charge in [-0.1, -0.05) is 12.1 Å². The molecule has 6 heteroatoms. The summed E-state index contributed by atoms with van der Waals surface area (Å²) in [6, 6.07) is 10.2. The molecule has 0 aliphatic heterocycles. The zero-order valence-corrected chi connectivity index (χ0v) is 14.3.